The SMILES string of the molecule is Cc1ncc(CC#N)c(C(F)F)c1I. The smallest absolute Gasteiger partial charge is 0.260 e. The van der Waals surface area contributed by atoms with Crippen LogP contribution in [0.2, 0.25) is 0 Å². The maximum absolute atomic E-state index is 12.6. The number of pyridine rings is 1. The number of aryl methyl sites for hydroxylation is 1. The molecule has 0 amide bonds. The minimum absolute atomic E-state index is 0.0248. The summed E-state index contributed by atoms with van der Waals surface area (Å²) in [5, 5.41) is 8.46. The Balaban J connectivity index is 3.31. The molecule has 0 bridgehead atoms. The van der Waals surface area contributed by atoms with E-state index in [9.17, 15) is 8.78 Å². The van der Waals surface area contributed by atoms with Crippen molar-refractivity contribution in [3.8, 4) is 6.07 Å². The van der Waals surface area contributed by atoms with Crippen LogP contribution in [-0.2, 0) is 6.42 Å². The van der Waals surface area contributed by atoms with E-state index in [4.69, 9.17) is 5.26 Å². The van der Waals surface area contributed by atoms with Crippen LogP contribution in [0.15, 0.2) is 6.20 Å². The van der Waals surface area contributed by atoms with Crippen LogP contribution in [0, 0.1) is 21.8 Å². The van der Waals surface area contributed by atoms with E-state index < -0.39 is 6.43 Å². The van der Waals surface area contributed by atoms with Crippen LogP contribution >= 0.6 is 22.6 Å². The highest BCUT2D eigenvalue weighted by Gasteiger charge is 2.18. The molecule has 0 aromatic carbocycles. The Morgan fingerprint density at radius 1 is 1.64 bits per heavy atom. The molecule has 0 saturated heterocycles. The van der Waals surface area contributed by atoms with Crippen molar-refractivity contribution in [2.24, 2.45) is 0 Å². The molecule has 1 rings (SSSR count). The summed E-state index contributed by atoms with van der Waals surface area (Å²) in [5.41, 5.74) is 0.833. The fraction of sp³-hybridized carbons (Fsp3) is 0.333. The van der Waals surface area contributed by atoms with E-state index in [0.717, 1.165) is 0 Å². The van der Waals surface area contributed by atoms with Crippen molar-refractivity contribution in [1.29, 1.82) is 5.26 Å². The van der Waals surface area contributed by atoms with Gasteiger partial charge in [0, 0.05) is 15.3 Å². The molecule has 1 aromatic heterocycles. The molecule has 0 N–H and O–H groups in total. The molecular formula is C9H7F2IN2. The molecule has 1 aromatic rings. The topological polar surface area (TPSA) is 36.7 Å². The van der Waals surface area contributed by atoms with Gasteiger partial charge in [0.15, 0.2) is 0 Å². The summed E-state index contributed by atoms with van der Waals surface area (Å²) in [4.78, 5) is 3.95. The van der Waals surface area contributed by atoms with Gasteiger partial charge in [-0.05, 0) is 35.1 Å². The van der Waals surface area contributed by atoms with Crippen LogP contribution in [0.25, 0.3) is 0 Å². The van der Waals surface area contributed by atoms with Crippen molar-refractivity contribution in [1.82, 2.24) is 4.98 Å². The van der Waals surface area contributed by atoms with E-state index in [0.29, 0.717) is 14.8 Å². The van der Waals surface area contributed by atoms with Crippen molar-refractivity contribution < 1.29 is 8.78 Å². The summed E-state index contributed by atoms with van der Waals surface area (Å²) < 4.78 is 25.7. The average Bonchev–Trinajstić information content (AvgIpc) is 2.11. The molecule has 0 unspecified atom stereocenters. The second kappa shape index (κ2) is 4.64. The summed E-state index contributed by atoms with van der Waals surface area (Å²) in [5.74, 6) is 0. The summed E-state index contributed by atoms with van der Waals surface area (Å²) >= 11 is 1.83. The van der Waals surface area contributed by atoms with Gasteiger partial charge in [0.2, 0.25) is 0 Å². The van der Waals surface area contributed by atoms with Gasteiger partial charge in [-0.15, -0.1) is 0 Å². The first kappa shape index (κ1) is 11.3. The summed E-state index contributed by atoms with van der Waals surface area (Å²) in [6.07, 6.45) is -1.22. The number of rotatable bonds is 2. The highest BCUT2D eigenvalue weighted by molar-refractivity contribution is 14.1. The minimum Gasteiger partial charge on any atom is -0.260 e. The lowest BCUT2D eigenvalue weighted by Gasteiger charge is -2.09. The molecule has 0 aliphatic heterocycles. The van der Waals surface area contributed by atoms with E-state index in [1.165, 1.54) is 6.20 Å². The molecule has 0 aliphatic carbocycles. The molecule has 0 saturated carbocycles. The van der Waals surface area contributed by atoms with E-state index in [1.807, 2.05) is 28.7 Å². The van der Waals surface area contributed by atoms with Crippen LogP contribution in [0.4, 0.5) is 8.78 Å². The number of alkyl halides is 2. The van der Waals surface area contributed by atoms with Crippen molar-refractivity contribution >= 4 is 22.6 Å². The van der Waals surface area contributed by atoms with Crippen LogP contribution in [0.1, 0.15) is 23.2 Å². The van der Waals surface area contributed by atoms with Crippen LogP contribution in [0.5, 0.6) is 0 Å². The van der Waals surface area contributed by atoms with Crippen molar-refractivity contribution in [2.75, 3.05) is 0 Å². The van der Waals surface area contributed by atoms with Crippen molar-refractivity contribution in [3.63, 3.8) is 0 Å². The first-order chi connectivity index (χ1) is 6.57. The van der Waals surface area contributed by atoms with E-state index in [1.54, 1.807) is 6.92 Å². The normalized spacial score (nSPS) is 10.3. The fourth-order valence-corrected chi connectivity index (χ4v) is 1.82. The molecule has 0 radical (unpaired) electrons. The Kier molecular flexibility index (Phi) is 3.75. The zero-order chi connectivity index (χ0) is 10.7. The Morgan fingerprint density at radius 2 is 2.29 bits per heavy atom. The van der Waals surface area contributed by atoms with Crippen LogP contribution < -0.4 is 0 Å². The third kappa shape index (κ3) is 2.18. The van der Waals surface area contributed by atoms with Gasteiger partial charge in [0.05, 0.1) is 18.2 Å². The molecule has 2 nitrogen and oxygen atoms in total. The van der Waals surface area contributed by atoms with E-state index in [2.05, 4.69) is 4.98 Å². The van der Waals surface area contributed by atoms with Gasteiger partial charge in [-0.25, -0.2) is 8.78 Å². The number of hydrogen-bond acceptors (Lipinski definition) is 2. The molecule has 1 heterocycles. The van der Waals surface area contributed by atoms with Gasteiger partial charge in [-0.2, -0.15) is 5.26 Å². The molecular weight excluding hydrogens is 301 g/mol. The maximum atomic E-state index is 12.6. The predicted molar refractivity (Wildman–Crippen MR) is 56.0 cm³/mol. The first-order valence-corrected chi connectivity index (χ1v) is 4.94. The highest BCUT2D eigenvalue weighted by Crippen LogP contribution is 2.29. The quantitative estimate of drug-likeness (QED) is 0.788. The number of nitrogens with zero attached hydrogens (tertiary/aromatic N) is 2. The zero-order valence-electron chi connectivity index (χ0n) is 7.39. The summed E-state index contributed by atoms with van der Waals surface area (Å²) in [6, 6.07) is 1.85. The number of aromatic nitrogens is 1. The summed E-state index contributed by atoms with van der Waals surface area (Å²) in [7, 11) is 0. The number of hydrogen-bond donors (Lipinski definition) is 0. The maximum Gasteiger partial charge on any atom is 0.265 e. The van der Waals surface area contributed by atoms with Crippen LogP contribution in [-0.4, -0.2) is 4.98 Å². The lowest BCUT2D eigenvalue weighted by atomic mass is 10.1. The van der Waals surface area contributed by atoms with E-state index in [-0.39, 0.29) is 12.0 Å². The lowest BCUT2D eigenvalue weighted by molar-refractivity contribution is 0.149. The van der Waals surface area contributed by atoms with Crippen LogP contribution in [0.3, 0.4) is 0 Å². The fourth-order valence-electron chi connectivity index (χ4n) is 1.10. The van der Waals surface area contributed by atoms with Gasteiger partial charge in [-0.1, -0.05) is 0 Å². The third-order valence-corrected chi connectivity index (χ3v) is 3.16. The molecule has 0 spiro atoms. The monoisotopic (exact) mass is 308 g/mol. The largest absolute Gasteiger partial charge is 0.265 e. The lowest BCUT2D eigenvalue weighted by Crippen LogP contribution is -2.02. The standard InChI is InChI=1S/C9H7F2IN2/c1-5-8(12)7(9(10)11)6(2-3-13)4-14-5/h4,9H,2H2,1H3. The molecule has 0 fully saturated rings. The number of halogens is 3. The van der Waals surface area contributed by atoms with Gasteiger partial charge < -0.3 is 0 Å². The molecule has 5 heteroatoms. The van der Waals surface area contributed by atoms with E-state index >= 15 is 0 Å². The summed E-state index contributed by atoms with van der Waals surface area (Å²) in [6.45, 7) is 1.67. The van der Waals surface area contributed by atoms with Gasteiger partial charge in [-0.3, -0.25) is 4.98 Å². The molecule has 0 atom stereocenters. The average molecular weight is 308 g/mol. The third-order valence-electron chi connectivity index (χ3n) is 1.80. The Bertz CT molecular complexity index is 385. The van der Waals surface area contributed by atoms with Gasteiger partial charge in [0.1, 0.15) is 0 Å². The van der Waals surface area contributed by atoms with Gasteiger partial charge >= 0.3 is 0 Å². The first-order valence-electron chi connectivity index (χ1n) is 3.87. The molecule has 14 heavy (non-hydrogen) atoms. The Morgan fingerprint density at radius 3 is 2.79 bits per heavy atom. The Labute approximate surface area is 94.1 Å². The second-order valence-electron chi connectivity index (χ2n) is 2.73. The zero-order valence-corrected chi connectivity index (χ0v) is 9.55. The van der Waals surface area contributed by atoms with Crippen molar-refractivity contribution in [2.45, 2.75) is 19.8 Å². The number of nitriles is 1. The molecule has 0 aliphatic rings. The predicted octanol–water partition coefficient (Wildman–Crippen LogP) is 3.00. The van der Waals surface area contributed by atoms with Crippen molar-refractivity contribution in [3.05, 3.63) is 26.6 Å². The van der Waals surface area contributed by atoms with Gasteiger partial charge in [0.25, 0.3) is 6.43 Å². The highest BCUT2D eigenvalue weighted by atomic mass is 127. The second-order valence-corrected chi connectivity index (χ2v) is 3.81. The minimum atomic E-state index is -2.55. The Hall–Kier alpha value is -0.770. The molecule has 74 valence electrons.